The quantitative estimate of drug-likeness (QED) is 0.639. The lowest BCUT2D eigenvalue weighted by Gasteiger charge is -2.17. The molecule has 1 unspecified atom stereocenters. The number of rotatable bonds is 2. The number of urea groups is 1. The molecule has 0 aromatic heterocycles. The number of benzene rings is 1. The zero-order valence-electron chi connectivity index (χ0n) is 10.5. The van der Waals surface area contributed by atoms with Crippen molar-refractivity contribution in [2.75, 3.05) is 5.32 Å². The minimum Gasteiger partial charge on any atom is -0.310 e. The van der Waals surface area contributed by atoms with Crippen molar-refractivity contribution in [3.63, 3.8) is 0 Å². The Morgan fingerprint density at radius 3 is 2.57 bits per heavy atom. The van der Waals surface area contributed by atoms with Crippen LogP contribution < -0.4 is 10.6 Å². The number of halogens is 2. The van der Waals surface area contributed by atoms with E-state index in [0.29, 0.717) is 10.7 Å². The Morgan fingerprint density at radius 2 is 1.90 bits per heavy atom. The molecule has 0 bridgehead atoms. The fourth-order valence-electron chi connectivity index (χ4n) is 1.66. The van der Waals surface area contributed by atoms with Crippen LogP contribution in [0, 0.1) is 0 Å². The molecular weight excluding hydrogens is 335 g/mol. The van der Waals surface area contributed by atoms with Crippen LogP contribution in [-0.4, -0.2) is 24.7 Å². The average Bonchev–Trinajstić information content (AvgIpc) is 2.43. The van der Waals surface area contributed by atoms with Gasteiger partial charge in [-0.2, -0.15) is 8.42 Å². The lowest BCUT2D eigenvalue weighted by atomic mass is 10.1. The van der Waals surface area contributed by atoms with Crippen LogP contribution in [0.25, 0.3) is 0 Å². The third-order valence-electron chi connectivity index (χ3n) is 2.63. The minimum atomic E-state index is -2.44. The van der Waals surface area contributed by atoms with Crippen molar-refractivity contribution in [2.24, 2.45) is 0 Å². The molecule has 0 saturated heterocycles. The smallest absolute Gasteiger partial charge is 0.310 e. The highest BCUT2D eigenvalue weighted by atomic mass is 35.5. The number of para-hydroxylation sites is 1. The second-order valence-corrected chi connectivity index (χ2v) is 5.82. The van der Waals surface area contributed by atoms with E-state index in [9.17, 15) is 13.2 Å². The average molecular weight is 345 g/mol. The highest BCUT2D eigenvalue weighted by Crippen LogP contribution is 2.20. The maximum absolute atomic E-state index is 11.9. The van der Waals surface area contributed by atoms with Gasteiger partial charge in [0.05, 0.1) is 15.6 Å². The number of hydrogen-bond acceptors (Lipinski definition) is 3. The maximum Gasteiger partial charge on any atom is 0.323 e. The van der Waals surface area contributed by atoms with E-state index in [1.807, 2.05) is 0 Å². The van der Waals surface area contributed by atoms with Gasteiger partial charge in [0.25, 0.3) is 0 Å². The molecule has 1 aliphatic rings. The third kappa shape index (κ3) is 3.87. The van der Waals surface area contributed by atoms with E-state index in [0.717, 1.165) is 0 Å². The highest BCUT2D eigenvalue weighted by Gasteiger charge is 2.21. The van der Waals surface area contributed by atoms with Crippen molar-refractivity contribution in [3.05, 3.63) is 53.2 Å². The van der Waals surface area contributed by atoms with E-state index in [-0.39, 0.29) is 10.6 Å². The highest BCUT2D eigenvalue weighted by molar-refractivity contribution is 7.73. The topological polar surface area (TPSA) is 75.3 Å². The van der Waals surface area contributed by atoms with Gasteiger partial charge in [0.15, 0.2) is 0 Å². The van der Waals surface area contributed by atoms with Crippen molar-refractivity contribution >= 4 is 50.1 Å². The Kier molecular flexibility index (Phi) is 5.06. The number of hydrogen-bond donors (Lipinski definition) is 2. The van der Waals surface area contributed by atoms with Gasteiger partial charge in [0, 0.05) is 5.70 Å². The van der Waals surface area contributed by atoms with E-state index in [1.165, 1.54) is 18.2 Å². The van der Waals surface area contributed by atoms with Gasteiger partial charge in [-0.3, -0.25) is 0 Å². The summed E-state index contributed by atoms with van der Waals surface area (Å²) >= 11 is 11.9. The standard InChI is InChI=1S/C13H10Cl2N2O3S/c14-8-4-1-2-5-9(8)16-13(18)17-10-6-3-7-11(12(10)15)21(19)20/h1-7,12H,(H2,16,17,18). The number of allylic oxidation sites excluding steroid dienone is 4. The SMILES string of the molecule is O=C(NC1=CC=CC(=S(=O)=O)C1Cl)Nc1ccccc1Cl. The fraction of sp³-hybridized carbons (Fsp3) is 0.0769. The van der Waals surface area contributed by atoms with Crippen LogP contribution in [0.5, 0.6) is 0 Å². The molecule has 2 N–H and O–H groups in total. The van der Waals surface area contributed by atoms with Crippen LogP contribution in [0.3, 0.4) is 0 Å². The van der Waals surface area contributed by atoms with E-state index < -0.39 is 21.7 Å². The minimum absolute atomic E-state index is 0.00721. The molecule has 0 saturated carbocycles. The first-order valence-electron chi connectivity index (χ1n) is 5.80. The molecule has 5 nitrogen and oxygen atoms in total. The van der Waals surface area contributed by atoms with Gasteiger partial charge in [0.1, 0.15) is 5.38 Å². The predicted molar refractivity (Wildman–Crippen MR) is 84.4 cm³/mol. The number of amides is 2. The summed E-state index contributed by atoms with van der Waals surface area (Å²) in [4.78, 5) is 11.9. The van der Waals surface area contributed by atoms with Gasteiger partial charge < -0.3 is 10.6 Å². The Labute approximate surface area is 132 Å². The zero-order valence-corrected chi connectivity index (χ0v) is 12.8. The lowest BCUT2D eigenvalue weighted by molar-refractivity contribution is 0.254. The van der Waals surface area contributed by atoms with Crippen LogP contribution >= 0.6 is 23.2 Å². The fourth-order valence-corrected chi connectivity index (χ4v) is 2.75. The van der Waals surface area contributed by atoms with Gasteiger partial charge in [-0.25, -0.2) is 4.79 Å². The Morgan fingerprint density at radius 1 is 1.19 bits per heavy atom. The largest absolute Gasteiger partial charge is 0.323 e. The Hall–Kier alpha value is -1.76. The molecule has 0 aliphatic heterocycles. The summed E-state index contributed by atoms with van der Waals surface area (Å²) in [6.07, 6.45) is 4.40. The first-order chi connectivity index (χ1) is 9.99. The Balaban J connectivity index is 2.10. The molecule has 0 spiro atoms. The van der Waals surface area contributed by atoms with Crippen LogP contribution in [0.2, 0.25) is 5.02 Å². The summed E-state index contributed by atoms with van der Waals surface area (Å²) in [5, 5.41) is 4.51. The van der Waals surface area contributed by atoms with Crippen molar-refractivity contribution in [3.8, 4) is 0 Å². The molecule has 1 aromatic rings. The molecule has 110 valence electrons. The van der Waals surface area contributed by atoms with Crippen LogP contribution in [0.1, 0.15) is 0 Å². The van der Waals surface area contributed by atoms with Gasteiger partial charge >= 0.3 is 6.03 Å². The van der Waals surface area contributed by atoms with Crippen molar-refractivity contribution < 1.29 is 13.2 Å². The molecular formula is C13H10Cl2N2O3S. The number of carbonyl (C=O) groups excluding carboxylic acids is 1. The first-order valence-corrected chi connectivity index (χ1v) is 7.69. The Bertz CT molecular complexity index is 761. The monoisotopic (exact) mass is 344 g/mol. The van der Waals surface area contributed by atoms with E-state index >= 15 is 0 Å². The molecule has 0 heterocycles. The lowest BCUT2D eigenvalue weighted by Crippen LogP contribution is -2.35. The molecule has 0 radical (unpaired) electrons. The number of carbonyl (C=O) groups is 1. The summed E-state index contributed by atoms with van der Waals surface area (Å²) in [6, 6.07) is 6.17. The molecule has 2 rings (SSSR count). The van der Waals surface area contributed by atoms with Crippen molar-refractivity contribution in [1.29, 1.82) is 0 Å². The van der Waals surface area contributed by atoms with Gasteiger partial charge in [0.2, 0.25) is 10.3 Å². The molecule has 21 heavy (non-hydrogen) atoms. The molecule has 1 atom stereocenters. The normalized spacial score (nSPS) is 17.1. The molecule has 2 amide bonds. The summed E-state index contributed by atoms with van der Waals surface area (Å²) in [6.45, 7) is 0. The van der Waals surface area contributed by atoms with Gasteiger partial charge in [-0.15, -0.1) is 11.6 Å². The first kappa shape index (κ1) is 15.6. The van der Waals surface area contributed by atoms with E-state index in [2.05, 4.69) is 10.6 Å². The van der Waals surface area contributed by atoms with Crippen molar-refractivity contribution in [1.82, 2.24) is 5.32 Å². The predicted octanol–water partition coefficient (Wildman–Crippen LogP) is 2.57. The number of nitrogens with one attached hydrogen (secondary N) is 2. The second-order valence-electron chi connectivity index (χ2n) is 4.04. The van der Waals surface area contributed by atoms with Gasteiger partial charge in [-0.1, -0.05) is 29.8 Å². The molecule has 8 heteroatoms. The number of alkyl halides is 1. The second kappa shape index (κ2) is 6.80. The third-order valence-corrected chi connectivity index (χ3v) is 4.32. The summed E-state index contributed by atoms with van der Waals surface area (Å²) < 4.78 is 22.0. The van der Waals surface area contributed by atoms with Crippen LogP contribution in [0.15, 0.2) is 48.2 Å². The van der Waals surface area contributed by atoms with E-state index in [4.69, 9.17) is 23.2 Å². The number of anilines is 1. The summed E-state index contributed by atoms with van der Waals surface area (Å²) in [5.41, 5.74) is 0.703. The van der Waals surface area contributed by atoms with Crippen molar-refractivity contribution in [2.45, 2.75) is 5.38 Å². The van der Waals surface area contributed by atoms with E-state index in [1.54, 1.807) is 24.3 Å². The van der Waals surface area contributed by atoms with Gasteiger partial charge in [-0.05, 0) is 24.3 Å². The summed E-state index contributed by atoms with van der Waals surface area (Å²) in [5.74, 6) is 0. The van der Waals surface area contributed by atoms with Crippen LogP contribution in [-0.2, 0) is 10.3 Å². The molecule has 1 aliphatic carbocycles. The zero-order chi connectivity index (χ0) is 15.4. The molecule has 0 fully saturated rings. The summed E-state index contributed by atoms with van der Waals surface area (Å²) in [7, 11) is -2.44. The maximum atomic E-state index is 11.9. The molecule has 1 aromatic carbocycles. The van der Waals surface area contributed by atoms with Crippen LogP contribution in [0.4, 0.5) is 10.5 Å².